The Hall–Kier alpha value is -6.19. The molecule has 4 aromatic carbocycles. The van der Waals surface area contributed by atoms with E-state index in [0.717, 1.165) is 22.3 Å². The van der Waals surface area contributed by atoms with E-state index in [9.17, 15) is 19.2 Å². The fourth-order valence-electron chi connectivity index (χ4n) is 7.64. The van der Waals surface area contributed by atoms with Crippen LogP contribution in [0.5, 0.6) is 23.0 Å². The minimum absolute atomic E-state index is 0. The number of rotatable bonds is 15. The maximum absolute atomic E-state index is 14.1. The average molecular weight is 1160 g/mol. The zero-order valence-corrected chi connectivity index (χ0v) is 48.4. The average Bonchev–Trinajstić information content (AvgIpc) is 3.58. The van der Waals surface area contributed by atoms with Gasteiger partial charge in [-0.3, -0.25) is 20.3 Å². The summed E-state index contributed by atoms with van der Waals surface area (Å²) < 4.78 is 36.7. The SMILES string of the molecule is COC(=O)[C@@](N)(CC(C)C)c1ccccc1.COc1ccc(CN2C(=O)[C@@](CC(C)C)(c3ccccc3)N=C2NC(=O)OC(C)(C)C)c(OC)c1.COc1ccc(CNC(=S)NC(=O)OC(C)(C)C)c(OC)c1.[I-]. The van der Waals surface area contributed by atoms with Gasteiger partial charge in [0.25, 0.3) is 5.91 Å². The lowest BCUT2D eigenvalue weighted by Gasteiger charge is -2.28. The van der Waals surface area contributed by atoms with Crippen LogP contribution in [-0.4, -0.2) is 86.8 Å². The van der Waals surface area contributed by atoms with Gasteiger partial charge in [-0.2, -0.15) is 0 Å². The number of halogens is 1. The molecule has 1 heterocycles. The summed E-state index contributed by atoms with van der Waals surface area (Å²) in [6.45, 7) is 19.4. The van der Waals surface area contributed by atoms with Crippen molar-refractivity contribution in [3.8, 4) is 23.0 Å². The second-order valence-corrected chi connectivity index (χ2v) is 20.3. The smallest absolute Gasteiger partial charge is 0.414 e. The minimum atomic E-state index is -1.17. The molecule has 0 saturated heterocycles. The van der Waals surface area contributed by atoms with Crippen molar-refractivity contribution in [2.75, 3.05) is 35.5 Å². The number of hydrogen-bond acceptors (Lipinski definition) is 14. The number of ether oxygens (including phenoxy) is 7. The summed E-state index contributed by atoms with van der Waals surface area (Å²) in [7, 11) is 7.68. The number of amides is 3. The zero-order chi connectivity index (χ0) is 54.7. The van der Waals surface area contributed by atoms with Crippen LogP contribution in [-0.2, 0) is 48.0 Å². The molecule has 0 radical (unpaired) electrons. The Bertz CT molecular complexity index is 2500. The number of methoxy groups -OCH3 is 5. The lowest BCUT2D eigenvalue weighted by molar-refractivity contribution is -0.148. The number of benzene rings is 4. The van der Waals surface area contributed by atoms with E-state index in [1.54, 1.807) is 88.2 Å². The first kappa shape index (κ1) is 63.9. The Morgan fingerprint density at radius 1 is 0.703 bits per heavy atom. The van der Waals surface area contributed by atoms with E-state index < -0.39 is 34.5 Å². The molecule has 0 spiro atoms. The molecule has 0 saturated carbocycles. The molecular formula is C55H76IN6O11S-. The van der Waals surface area contributed by atoms with Crippen LogP contribution in [0.3, 0.4) is 0 Å². The number of esters is 1. The topological polar surface area (TPSA) is 211 Å². The van der Waals surface area contributed by atoms with Crippen LogP contribution in [0.2, 0.25) is 0 Å². The highest BCUT2D eigenvalue weighted by molar-refractivity contribution is 7.80. The molecule has 17 nitrogen and oxygen atoms in total. The number of nitrogens with one attached hydrogen (secondary N) is 3. The first-order valence-corrected chi connectivity index (χ1v) is 24.2. The van der Waals surface area contributed by atoms with Crippen LogP contribution in [0.1, 0.15) is 104 Å². The Labute approximate surface area is 460 Å². The number of guanidine groups is 1. The maximum Gasteiger partial charge on any atom is 0.414 e. The molecule has 5 rings (SSSR count). The van der Waals surface area contributed by atoms with Gasteiger partial charge < -0.3 is 68.2 Å². The quantitative estimate of drug-likeness (QED) is 0.0432. The second kappa shape index (κ2) is 29.0. The zero-order valence-electron chi connectivity index (χ0n) is 45.5. The fraction of sp³-hybridized carbons (Fsp3) is 0.455. The Morgan fingerprint density at radius 2 is 1.20 bits per heavy atom. The summed E-state index contributed by atoms with van der Waals surface area (Å²) in [5, 5.41) is 8.30. The van der Waals surface area contributed by atoms with Crippen molar-refractivity contribution in [1.29, 1.82) is 0 Å². The molecule has 0 aromatic heterocycles. The van der Waals surface area contributed by atoms with Crippen molar-refractivity contribution >= 4 is 47.4 Å². The number of carbonyl (C=O) groups excluding carboxylic acids is 4. The number of nitrogens with zero attached hydrogens (tertiary/aromatic N) is 2. The van der Waals surface area contributed by atoms with Crippen molar-refractivity contribution in [2.45, 2.75) is 117 Å². The van der Waals surface area contributed by atoms with Crippen LogP contribution < -0.4 is 64.6 Å². The van der Waals surface area contributed by atoms with Gasteiger partial charge in [-0.15, -0.1) is 0 Å². The first-order valence-electron chi connectivity index (χ1n) is 23.8. The molecule has 0 aliphatic carbocycles. The first-order chi connectivity index (χ1) is 34.2. The monoisotopic (exact) mass is 1160 g/mol. The molecule has 0 unspecified atom stereocenters. The van der Waals surface area contributed by atoms with Crippen LogP contribution >= 0.6 is 12.2 Å². The molecule has 19 heteroatoms. The van der Waals surface area contributed by atoms with Gasteiger partial charge >= 0.3 is 18.2 Å². The molecule has 74 heavy (non-hydrogen) atoms. The number of carbonyl (C=O) groups is 4. The third-order valence-electron chi connectivity index (χ3n) is 10.7. The summed E-state index contributed by atoms with van der Waals surface area (Å²) in [6, 6.07) is 29.7. The molecule has 1 aliphatic rings. The normalized spacial score (nSPS) is 14.8. The van der Waals surface area contributed by atoms with Gasteiger partial charge in [-0.05, 0) is 114 Å². The van der Waals surface area contributed by atoms with Gasteiger partial charge in [-0.25, -0.2) is 19.4 Å². The van der Waals surface area contributed by atoms with Gasteiger partial charge in [-0.1, -0.05) is 88.4 Å². The predicted molar refractivity (Wildman–Crippen MR) is 287 cm³/mol. The lowest BCUT2D eigenvalue weighted by atomic mass is 9.82. The summed E-state index contributed by atoms with van der Waals surface area (Å²) in [4.78, 5) is 56.6. The highest BCUT2D eigenvalue weighted by Gasteiger charge is 2.50. The highest BCUT2D eigenvalue weighted by atomic mass is 127. The summed E-state index contributed by atoms with van der Waals surface area (Å²) >= 11 is 5.06. The maximum atomic E-state index is 14.1. The van der Waals surface area contributed by atoms with E-state index in [4.69, 9.17) is 56.1 Å². The van der Waals surface area contributed by atoms with Crippen LogP contribution in [0.15, 0.2) is 102 Å². The van der Waals surface area contributed by atoms with Crippen LogP contribution in [0.4, 0.5) is 9.59 Å². The van der Waals surface area contributed by atoms with E-state index in [-0.39, 0.29) is 59.4 Å². The second-order valence-electron chi connectivity index (χ2n) is 19.9. The van der Waals surface area contributed by atoms with E-state index in [0.29, 0.717) is 48.3 Å². The van der Waals surface area contributed by atoms with Crippen molar-refractivity contribution in [3.63, 3.8) is 0 Å². The predicted octanol–water partition coefficient (Wildman–Crippen LogP) is 6.54. The van der Waals surface area contributed by atoms with Crippen LogP contribution in [0.25, 0.3) is 0 Å². The number of alkyl carbamates (subject to hydrolysis) is 2. The number of thiocarbonyl (C=S) groups is 1. The van der Waals surface area contributed by atoms with E-state index in [1.165, 1.54) is 12.0 Å². The van der Waals surface area contributed by atoms with Crippen molar-refractivity contribution < 1.29 is 76.3 Å². The van der Waals surface area contributed by atoms with E-state index >= 15 is 0 Å². The summed E-state index contributed by atoms with van der Waals surface area (Å²) in [5.74, 6) is 2.61. The molecular weight excluding hydrogens is 1080 g/mol. The van der Waals surface area contributed by atoms with Crippen molar-refractivity contribution in [3.05, 3.63) is 119 Å². The van der Waals surface area contributed by atoms with Gasteiger partial charge in [0.05, 0.1) is 42.1 Å². The van der Waals surface area contributed by atoms with Gasteiger partial charge in [0, 0.05) is 29.8 Å². The van der Waals surface area contributed by atoms with E-state index in [2.05, 4.69) is 16.0 Å². The standard InChI is InChI=1S/C27H35N3O5.C15H22N2O4S.C13H19NO2.HI/c1-18(2)16-27(20-11-9-8-10-12-20)23(31)30(24(29-27)28-25(32)35-26(3,4)5)17-19-13-14-21(33-6)15-22(19)34-7;1-15(2,3)21-14(18)17-13(22)16-9-10-6-7-11(19-4)8-12(10)20-5;1-10(2)9-13(14,12(15)16-3)11-7-5-4-6-8-11;/h8-15,18H,16-17H2,1-7H3,(H,28,29,32);6-8H,9H2,1-5H3,(H2,16,17,18,22);4-8,10H,9,14H2,1-3H3;1H/p-1/t27-;;13-;/m1.1./s1. The van der Waals surface area contributed by atoms with Crippen molar-refractivity contribution in [2.24, 2.45) is 22.6 Å². The third-order valence-corrected chi connectivity index (χ3v) is 10.9. The van der Waals surface area contributed by atoms with Gasteiger partial charge in [0.15, 0.2) is 10.7 Å². The molecule has 5 N–H and O–H groups in total. The summed E-state index contributed by atoms with van der Waals surface area (Å²) in [6.07, 6.45) is -0.217. The molecule has 0 bridgehead atoms. The third kappa shape index (κ3) is 19.3. The number of aliphatic imine (C=N–C) groups is 1. The lowest BCUT2D eigenvalue weighted by Crippen LogP contribution is -3.00. The fourth-order valence-corrected chi connectivity index (χ4v) is 7.79. The van der Waals surface area contributed by atoms with Crippen molar-refractivity contribution in [1.82, 2.24) is 20.9 Å². The molecule has 4 aromatic rings. The van der Waals surface area contributed by atoms with Crippen LogP contribution in [0, 0.1) is 11.8 Å². The number of hydrogen-bond donors (Lipinski definition) is 4. The minimum Gasteiger partial charge on any atom is -1.00 e. The van der Waals surface area contributed by atoms with E-state index in [1.807, 2.05) is 107 Å². The Kier molecular flexibility index (Phi) is 25.1. The largest absolute Gasteiger partial charge is 1.00 e. The summed E-state index contributed by atoms with van der Waals surface area (Å²) in [5.41, 5.74) is 5.92. The Balaban J connectivity index is 0.000000412. The molecule has 1 aliphatic heterocycles. The molecule has 0 fully saturated rings. The number of nitrogens with two attached hydrogens (primary N) is 1. The van der Waals surface area contributed by atoms with Gasteiger partial charge in [0.1, 0.15) is 39.7 Å². The Morgan fingerprint density at radius 3 is 1.68 bits per heavy atom. The molecule has 406 valence electrons. The molecule has 3 amide bonds. The van der Waals surface area contributed by atoms with Gasteiger partial charge in [0.2, 0.25) is 5.96 Å². The highest BCUT2D eigenvalue weighted by Crippen LogP contribution is 2.40. The molecule has 2 atom stereocenters.